The summed E-state index contributed by atoms with van der Waals surface area (Å²) < 4.78 is 21.4. The van der Waals surface area contributed by atoms with Gasteiger partial charge in [0.1, 0.15) is 6.61 Å². The third-order valence-electron chi connectivity index (χ3n) is 3.86. The molecule has 0 aromatic heterocycles. The van der Waals surface area contributed by atoms with Crippen molar-refractivity contribution < 1.29 is 23.7 Å². The van der Waals surface area contributed by atoms with Crippen LogP contribution >= 0.6 is 0 Å². The first-order valence-electron chi connectivity index (χ1n) is 9.80. The maximum absolute atomic E-state index is 11.7. The second-order valence-electron chi connectivity index (χ2n) is 6.11. The summed E-state index contributed by atoms with van der Waals surface area (Å²) in [7, 11) is 0. The van der Waals surface area contributed by atoms with E-state index in [9.17, 15) is 4.79 Å². The number of benzene rings is 1. The molecule has 0 spiro atoms. The van der Waals surface area contributed by atoms with Crippen LogP contribution in [0.25, 0.3) is 0 Å². The zero-order valence-electron chi connectivity index (χ0n) is 16.1. The molecule has 0 aliphatic heterocycles. The zero-order chi connectivity index (χ0) is 18.7. The standard InChI is InChI=1S/C21H34O5/c1-2-3-4-5-6-10-13-23-14-15-24-16-17-25-18-19-26-21(22)20-11-8-7-9-12-20/h7-9,11-12H,2-6,10,13-19H2,1H3. The lowest BCUT2D eigenvalue weighted by molar-refractivity contribution is 0.000184. The van der Waals surface area contributed by atoms with Crippen molar-refractivity contribution in [1.29, 1.82) is 0 Å². The van der Waals surface area contributed by atoms with Crippen LogP contribution in [0.2, 0.25) is 0 Å². The van der Waals surface area contributed by atoms with Crippen LogP contribution in [0.4, 0.5) is 0 Å². The lowest BCUT2D eigenvalue weighted by Gasteiger charge is -2.07. The van der Waals surface area contributed by atoms with Crippen molar-refractivity contribution in [1.82, 2.24) is 0 Å². The Labute approximate surface area is 158 Å². The Bertz CT molecular complexity index is 435. The van der Waals surface area contributed by atoms with E-state index in [1.807, 2.05) is 18.2 Å². The number of esters is 1. The Hall–Kier alpha value is -1.43. The summed E-state index contributed by atoms with van der Waals surface area (Å²) in [6.07, 6.45) is 7.66. The van der Waals surface area contributed by atoms with E-state index in [1.165, 1.54) is 32.1 Å². The van der Waals surface area contributed by atoms with E-state index in [0.717, 1.165) is 13.0 Å². The fourth-order valence-corrected chi connectivity index (χ4v) is 2.38. The molecule has 0 saturated heterocycles. The number of hydrogen-bond acceptors (Lipinski definition) is 5. The molecule has 0 fully saturated rings. The van der Waals surface area contributed by atoms with Crippen LogP contribution in [0.1, 0.15) is 55.8 Å². The molecular weight excluding hydrogens is 332 g/mol. The maximum atomic E-state index is 11.7. The van der Waals surface area contributed by atoms with Crippen LogP contribution in [0.3, 0.4) is 0 Å². The Morgan fingerprint density at radius 1 is 0.692 bits per heavy atom. The number of hydrogen-bond donors (Lipinski definition) is 0. The van der Waals surface area contributed by atoms with Gasteiger partial charge in [-0.2, -0.15) is 0 Å². The van der Waals surface area contributed by atoms with E-state index < -0.39 is 0 Å². The Kier molecular flexibility index (Phi) is 14.8. The first-order valence-corrected chi connectivity index (χ1v) is 9.80. The topological polar surface area (TPSA) is 54.0 Å². The summed E-state index contributed by atoms with van der Waals surface area (Å²) in [5.74, 6) is -0.326. The second kappa shape index (κ2) is 17.0. The van der Waals surface area contributed by atoms with Gasteiger partial charge in [0.15, 0.2) is 0 Å². The highest BCUT2D eigenvalue weighted by atomic mass is 16.6. The molecule has 0 amide bonds. The number of ether oxygens (including phenoxy) is 4. The highest BCUT2D eigenvalue weighted by Crippen LogP contribution is 2.04. The SMILES string of the molecule is CCCCCCCCOCCOCCOCCOC(=O)c1ccccc1. The molecule has 0 heterocycles. The molecule has 1 rings (SSSR count). The number of unbranched alkanes of at least 4 members (excludes halogenated alkanes) is 5. The van der Waals surface area contributed by atoms with Gasteiger partial charge < -0.3 is 18.9 Å². The number of carbonyl (C=O) groups excluding carboxylic acids is 1. The van der Waals surface area contributed by atoms with Crippen molar-refractivity contribution in [2.45, 2.75) is 45.4 Å². The van der Waals surface area contributed by atoms with E-state index in [-0.39, 0.29) is 12.6 Å². The average Bonchev–Trinajstić information content (AvgIpc) is 2.68. The Morgan fingerprint density at radius 3 is 1.88 bits per heavy atom. The molecule has 0 N–H and O–H groups in total. The van der Waals surface area contributed by atoms with E-state index in [2.05, 4.69) is 6.92 Å². The van der Waals surface area contributed by atoms with Gasteiger partial charge in [0.05, 0.1) is 38.6 Å². The summed E-state index contributed by atoms with van der Waals surface area (Å²) in [5.41, 5.74) is 0.553. The van der Waals surface area contributed by atoms with Crippen molar-refractivity contribution in [2.24, 2.45) is 0 Å². The zero-order valence-corrected chi connectivity index (χ0v) is 16.1. The van der Waals surface area contributed by atoms with Crippen LogP contribution in [0, 0.1) is 0 Å². The molecule has 1 aromatic rings. The van der Waals surface area contributed by atoms with Crippen LogP contribution in [0.5, 0.6) is 0 Å². The van der Waals surface area contributed by atoms with E-state index in [0.29, 0.717) is 38.6 Å². The Morgan fingerprint density at radius 2 is 1.23 bits per heavy atom. The summed E-state index contributed by atoms with van der Waals surface area (Å²) in [5, 5.41) is 0. The smallest absolute Gasteiger partial charge is 0.338 e. The molecule has 0 atom stereocenters. The van der Waals surface area contributed by atoms with Gasteiger partial charge in [-0.05, 0) is 18.6 Å². The molecule has 0 bridgehead atoms. The largest absolute Gasteiger partial charge is 0.460 e. The third kappa shape index (κ3) is 12.9. The van der Waals surface area contributed by atoms with E-state index in [4.69, 9.17) is 18.9 Å². The summed E-state index contributed by atoms with van der Waals surface area (Å²) >= 11 is 0. The summed E-state index contributed by atoms with van der Waals surface area (Å²) in [6.45, 7) is 5.89. The fourth-order valence-electron chi connectivity index (χ4n) is 2.38. The molecule has 1 aromatic carbocycles. The van der Waals surface area contributed by atoms with E-state index >= 15 is 0 Å². The molecule has 5 heteroatoms. The molecule has 0 unspecified atom stereocenters. The maximum Gasteiger partial charge on any atom is 0.338 e. The molecule has 148 valence electrons. The van der Waals surface area contributed by atoms with Gasteiger partial charge >= 0.3 is 5.97 Å². The molecular formula is C21H34O5. The summed E-state index contributed by atoms with van der Waals surface area (Å²) in [4.78, 5) is 11.7. The van der Waals surface area contributed by atoms with Crippen LogP contribution in [-0.4, -0.2) is 52.2 Å². The van der Waals surface area contributed by atoms with Gasteiger partial charge in [-0.3, -0.25) is 0 Å². The lowest BCUT2D eigenvalue weighted by atomic mass is 10.1. The van der Waals surface area contributed by atoms with Gasteiger partial charge in [-0.15, -0.1) is 0 Å². The van der Waals surface area contributed by atoms with Gasteiger partial charge in [-0.1, -0.05) is 57.2 Å². The summed E-state index contributed by atoms with van der Waals surface area (Å²) in [6, 6.07) is 8.93. The molecule has 0 aliphatic carbocycles. The van der Waals surface area contributed by atoms with Gasteiger partial charge in [-0.25, -0.2) is 4.79 Å². The minimum absolute atomic E-state index is 0.245. The minimum atomic E-state index is -0.326. The molecule has 5 nitrogen and oxygen atoms in total. The van der Waals surface area contributed by atoms with Crippen molar-refractivity contribution in [3.8, 4) is 0 Å². The monoisotopic (exact) mass is 366 g/mol. The lowest BCUT2D eigenvalue weighted by Crippen LogP contribution is -2.14. The number of carbonyl (C=O) groups is 1. The quantitative estimate of drug-likeness (QED) is 0.305. The van der Waals surface area contributed by atoms with Crippen molar-refractivity contribution in [3.05, 3.63) is 35.9 Å². The third-order valence-corrected chi connectivity index (χ3v) is 3.86. The van der Waals surface area contributed by atoms with Crippen molar-refractivity contribution in [3.63, 3.8) is 0 Å². The normalized spacial score (nSPS) is 10.8. The molecule has 26 heavy (non-hydrogen) atoms. The van der Waals surface area contributed by atoms with Gasteiger partial charge in [0.25, 0.3) is 0 Å². The highest BCUT2D eigenvalue weighted by Gasteiger charge is 2.04. The molecule has 0 saturated carbocycles. The average molecular weight is 366 g/mol. The first-order chi connectivity index (χ1) is 12.8. The van der Waals surface area contributed by atoms with Crippen molar-refractivity contribution >= 4 is 5.97 Å². The second-order valence-corrected chi connectivity index (χ2v) is 6.11. The van der Waals surface area contributed by atoms with Gasteiger partial charge in [0, 0.05) is 6.61 Å². The minimum Gasteiger partial charge on any atom is -0.460 e. The predicted octanol–water partition coefficient (Wildman–Crippen LogP) is 4.25. The Balaban J connectivity index is 1.76. The molecule has 0 radical (unpaired) electrons. The first kappa shape index (κ1) is 22.6. The molecule has 0 aliphatic rings. The van der Waals surface area contributed by atoms with Crippen LogP contribution < -0.4 is 0 Å². The van der Waals surface area contributed by atoms with Crippen LogP contribution in [0.15, 0.2) is 30.3 Å². The number of rotatable bonds is 17. The van der Waals surface area contributed by atoms with Gasteiger partial charge in [0.2, 0.25) is 0 Å². The van der Waals surface area contributed by atoms with Crippen LogP contribution in [-0.2, 0) is 18.9 Å². The fraction of sp³-hybridized carbons (Fsp3) is 0.667. The highest BCUT2D eigenvalue weighted by molar-refractivity contribution is 5.89. The van der Waals surface area contributed by atoms with E-state index in [1.54, 1.807) is 12.1 Å². The predicted molar refractivity (Wildman–Crippen MR) is 103 cm³/mol. The van der Waals surface area contributed by atoms with Crippen molar-refractivity contribution in [2.75, 3.05) is 46.2 Å².